The molecule has 1 saturated carbocycles. The predicted molar refractivity (Wildman–Crippen MR) is 119 cm³/mol. The summed E-state index contributed by atoms with van der Waals surface area (Å²) in [5.74, 6) is -6.67. The molecule has 1 aromatic rings. The molecule has 0 saturated heterocycles. The smallest absolute Gasteiger partial charge is 0.414 e. The van der Waals surface area contributed by atoms with E-state index in [0.29, 0.717) is 0 Å². The zero-order chi connectivity index (χ0) is 25.9. The first-order valence-electron chi connectivity index (χ1n) is 10.8. The SMILES string of the molecule is CN1C(=O)C(C)(C)C(C)(c2cc(NC(=O)[C@@H]3CC3(F)F)ccc2F)N=C1NC(=O)OC(C)(C)C. The first-order chi connectivity index (χ1) is 15.4. The van der Waals surface area contributed by atoms with Crippen molar-refractivity contribution in [3.8, 4) is 0 Å². The molecule has 0 spiro atoms. The van der Waals surface area contributed by atoms with Gasteiger partial charge in [0.1, 0.15) is 22.9 Å². The number of ether oxygens (including phenoxy) is 1. The van der Waals surface area contributed by atoms with Crippen molar-refractivity contribution in [3.05, 3.63) is 29.6 Å². The third-order valence-electron chi connectivity index (χ3n) is 6.22. The second-order valence-corrected chi connectivity index (χ2v) is 10.3. The third kappa shape index (κ3) is 4.60. The van der Waals surface area contributed by atoms with E-state index in [1.54, 1.807) is 34.6 Å². The van der Waals surface area contributed by atoms with Crippen molar-refractivity contribution in [1.29, 1.82) is 0 Å². The van der Waals surface area contributed by atoms with Crippen molar-refractivity contribution in [2.45, 2.75) is 65.0 Å². The van der Waals surface area contributed by atoms with Crippen LogP contribution in [0.1, 0.15) is 53.5 Å². The van der Waals surface area contributed by atoms with E-state index in [-0.39, 0.29) is 17.2 Å². The summed E-state index contributed by atoms with van der Waals surface area (Å²) in [6, 6.07) is 3.58. The van der Waals surface area contributed by atoms with E-state index >= 15 is 4.39 Å². The number of halogens is 3. The summed E-state index contributed by atoms with van der Waals surface area (Å²) in [5.41, 5.74) is -3.59. The Hall–Kier alpha value is -3.11. The van der Waals surface area contributed by atoms with Crippen LogP contribution in [-0.2, 0) is 19.9 Å². The van der Waals surface area contributed by atoms with Gasteiger partial charge in [0.2, 0.25) is 17.8 Å². The fraction of sp³-hybridized carbons (Fsp3) is 0.565. The molecule has 34 heavy (non-hydrogen) atoms. The van der Waals surface area contributed by atoms with Crippen molar-refractivity contribution in [1.82, 2.24) is 10.2 Å². The lowest BCUT2D eigenvalue weighted by Crippen LogP contribution is -2.60. The number of anilines is 1. The molecule has 2 aliphatic rings. The van der Waals surface area contributed by atoms with Crippen LogP contribution in [0, 0.1) is 17.2 Å². The van der Waals surface area contributed by atoms with E-state index in [0.717, 1.165) is 11.0 Å². The molecule has 186 valence electrons. The predicted octanol–water partition coefficient (Wildman–Crippen LogP) is 4.01. The highest BCUT2D eigenvalue weighted by Gasteiger charge is 2.61. The molecule has 2 N–H and O–H groups in total. The monoisotopic (exact) mass is 482 g/mol. The maximum atomic E-state index is 15.1. The van der Waals surface area contributed by atoms with Gasteiger partial charge in [0.05, 0.1) is 5.41 Å². The van der Waals surface area contributed by atoms with E-state index in [1.165, 1.54) is 26.1 Å². The number of carbonyl (C=O) groups excluding carboxylic acids is 3. The van der Waals surface area contributed by atoms with Gasteiger partial charge in [-0.25, -0.2) is 23.0 Å². The zero-order valence-corrected chi connectivity index (χ0v) is 20.2. The molecular weight excluding hydrogens is 453 g/mol. The highest BCUT2D eigenvalue weighted by molar-refractivity contribution is 6.07. The second-order valence-electron chi connectivity index (χ2n) is 10.3. The maximum absolute atomic E-state index is 15.1. The molecule has 8 nitrogen and oxygen atoms in total. The fourth-order valence-electron chi connectivity index (χ4n) is 3.76. The van der Waals surface area contributed by atoms with Gasteiger partial charge in [-0.15, -0.1) is 0 Å². The molecule has 0 bridgehead atoms. The van der Waals surface area contributed by atoms with E-state index in [1.807, 2.05) is 0 Å². The lowest BCUT2D eigenvalue weighted by atomic mass is 9.67. The standard InChI is InChI=1S/C23H29F3N4O4/c1-20(2,3)34-19(33)28-18-29-22(6,21(4,5)17(32)30(18)7)13-10-12(8-9-15(13)24)27-16(31)14-11-23(14,25)26/h8-10,14H,11H2,1-7H3,(H,27,31)(H,28,29,33)/t14-,22?/m0/s1. The van der Waals surface area contributed by atoms with Crippen LogP contribution in [0.4, 0.5) is 23.7 Å². The van der Waals surface area contributed by atoms with Gasteiger partial charge in [0.25, 0.3) is 5.92 Å². The first-order valence-corrected chi connectivity index (χ1v) is 10.8. The number of guanidine groups is 1. The molecule has 2 atom stereocenters. The number of hydrogen-bond acceptors (Lipinski definition) is 5. The highest BCUT2D eigenvalue weighted by atomic mass is 19.3. The molecular formula is C23H29F3N4O4. The number of nitrogens with one attached hydrogen (secondary N) is 2. The van der Waals surface area contributed by atoms with E-state index in [2.05, 4.69) is 15.6 Å². The van der Waals surface area contributed by atoms with Crippen LogP contribution < -0.4 is 10.6 Å². The Bertz CT molecular complexity index is 1080. The lowest BCUT2D eigenvalue weighted by Gasteiger charge is -2.46. The van der Waals surface area contributed by atoms with Crippen molar-refractivity contribution in [2.75, 3.05) is 12.4 Å². The van der Waals surface area contributed by atoms with E-state index in [4.69, 9.17) is 4.74 Å². The molecule has 1 heterocycles. The number of nitrogens with zero attached hydrogens (tertiary/aromatic N) is 2. The number of benzene rings is 1. The number of amides is 3. The van der Waals surface area contributed by atoms with Crippen molar-refractivity contribution < 1.29 is 32.3 Å². The van der Waals surface area contributed by atoms with Gasteiger partial charge in [-0.05, 0) is 59.7 Å². The van der Waals surface area contributed by atoms with Crippen LogP contribution in [0.25, 0.3) is 0 Å². The summed E-state index contributed by atoms with van der Waals surface area (Å²) < 4.78 is 46.8. The van der Waals surface area contributed by atoms with Crippen LogP contribution in [0.5, 0.6) is 0 Å². The summed E-state index contributed by atoms with van der Waals surface area (Å²) in [5, 5.41) is 4.82. The van der Waals surface area contributed by atoms with Crippen molar-refractivity contribution in [2.24, 2.45) is 16.3 Å². The minimum Gasteiger partial charge on any atom is -0.444 e. The fourth-order valence-corrected chi connectivity index (χ4v) is 3.76. The molecule has 1 aliphatic heterocycles. The van der Waals surface area contributed by atoms with Gasteiger partial charge in [-0.1, -0.05) is 0 Å². The summed E-state index contributed by atoms with van der Waals surface area (Å²) in [6.45, 7) is 9.69. The molecule has 0 aromatic heterocycles. The molecule has 1 unspecified atom stereocenters. The number of alkyl carbamates (subject to hydrolysis) is 1. The van der Waals surface area contributed by atoms with Crippen LogP contribution in [-0.4, -0.2) is 47.3 Å². The highest BCUT2D eigenvalue weighted by Crippen LogP contribution is 2.50. The van der Waals surface area contributed by atoms with Gasteiger partial charge in [-0.2, -0.15) is 0 Å². The van der Waals surface area contributed by atoms with Crippen LogP contribution in [0.2, 0.25) is 0 Å². The van der Waals surface area contributed by atoms with Crippen LogP contribution in [0.15, 0.2) is 23.2 Å². The Labute approximate surface area is 195 Å². The number of hydrogen-bond donors (Lipinski definition) is 2. The number of alkyl halides is 2. The molecule has 3 amide bonds. The number of rotatable bonds is 3. The van der Waals surface area contributed by atoms with Crippen molar-refractivity contribution in [3.63, 3.8) is 0 Å². The molecule has 1 aliphatic carbocycles. The number of aliphatic imine (C=N–C) groups is 1. The molecule has 1 aromatic carbocycles. The minimum atomic E-state index is -3.05. The first kappa shape index (κ1) is 25.5. The lowest BCUT2D eigenvalue weighted by molar-refractivity contribution is -0.140. The Morgan fingerprint density at radius 3 is 2.29 bits per heavy atom. The Kier molecular flexibility index (Phi) is 5.99. The van der Waals surface area contributed by atoms with Gasteiger partial charge in [0.15, 0.2) is 0 Å². The van der Waals surface area contributed by atoms with Gasteiger partial charge >= 0.3 is 6.09 Å². The molecule has 1 fully saturated rings. The maximum Gasteiger partial charge on any atom is 0.414 e. The topological polar surface area (TPSA) is 100 Å². The average molecular weight is 483 g/mol. The Morgan fingerprint density at radius 1 is 1.18 bits per heavy atom. The Morgan fingerprint density at radius 2 is 1.76 bits per heavy atom. The molecule has 3 rings (SSSR count). The normalized spacial score (nSPS) is 25.4. The van der Waals surface area contributed by atoms with Gasteiger partial charge in [-0.3, -0.25) is 19.8 Å². The Balaban J connectivity index is 2.01. The summed E-state index contributed by atoms with van der Waals surface area (Å²) in [4.78, 5) is 43.3. The quantitative estimate of drug-likeness (QED) is 0.680. The van der Waals surface area contributed by atoms with Gasteiger partial charge < -0.3 is 10.1 Å². The zero-order valence-electron chi connectivity index (χ0n) is 20.2. The summed E-state index contributed by atoms with van der Waals surface area (Å²) in [7, 11) is 1.42. The average Bonchev–Trinajstić information content (AvgIpc) is 3.33. The summed E-state index contributed by atoms with van der Waals surface area (Å²) in [6.07, 6.45) is -1.39. The summed E-state index contributed by atoms with van der Waals surface area (Å²) >= 11 is 0. The molecule has 11 heteroatoms. The van der Waals surface area contributed by atoms with E-state index in [9.17, 15) is 23.2 Å². The van der Waals surface area contributed by atoms with Crippen molar-refractivity contribution >= 4 is 29.6 Å². The van der Waals surface area contributed by atoms with Crippen LogP contribution in [0.3, 0.4) is 0 Å². The van der Waals surface area contributed by atoms with E-state index < -0.39 is 58.5 Å². The number of carbonyl (C=O) groups is 3. The van der Waals surface area contributed by atoms with Crippen LogP contribution >= 0.6 is 0 Å². The third-order valence-corrected chi connectivity index (χ3v) is 6.22. The largest absolute Gasteiger partial charge is 0.444 e. The molecule has 0 radical (unpaired) electrons. The second kappa shape index (κ2) is 7.99. The van der Waals surface area contributed by atoms with Gasteiger partial charge in [0, 0.05) is 24.7 Å². The minimum absolute atomic E-state index is 0.0530.